The highest BCUT2D eigenvalue weighted by atomic mass is 32.2. The van der Waals surface area contributed by atoms with E-state index in [1.807, 2.05) is 36.4 Å². The third kappa shape index (κ3) is 9.43. The Kier molecular flexibility index (Phi) is 11.1. The molecule has 47 heavy (non-hydrogen) atoms. The number of imide groups is 1. The Morgan fingerprint density at radius 3 is 2.34 bits per heavy atom. The summed E-state index contributed by atoms with van der Waals surface area (Å²) in [7, 11) is -3.67. The number of amides is 4. The minimum absolute atomic E-state index is 0.00586. The Labute approximate surface area is 271 Å². The first-order chi connectivity index (χ1) is 22.2. The average molecular weight is 667 g/mol. The number of benzene rings is 3. The molecule has 1 heterocycles. The number of nitro benzene ring substituents is 1. The van der Waals surface area contributed by atoms with Crippen molar-refractivity contribution in [3.05, 3.63) is 93.5 Å². The van der Waals surface area contributed by atoms with Crippen LogP contribution in [0.2, 0.25) is 0 Å². The molecule has 248 valence electrons. The number of fused-ring (bicyclic) bond motifs is 3. The molecule has 14 nitrogen and oxygen atoms in total. The second-order valence-electron chi connectivity index (χ2n) is 11.2. The van der Waals surface area contributed by atoms with Gasteiger partial charge >= 0.3 is 6.09 Å². The largest absolute Gasteiger partial charge is 0.449 e. The third-order valence-corrected chi connectivity index (χ3v) is 7.58. The van der Waals surface area contributed by atoms with Gasteiger partial charge in [0.2, 0.25) is 17.7 Å². The predicted molar refractivity (Wildman–Crippen MR) is 171 cm³/mol. The van der Waals surface area contributed by atoms with Crippen LogP contribution in [0.15, 0.2) is 66.7 Å². The van der Waals surface area contributed by atoms with Gasteiger partial charge in [0.15, 0.2) is 0 Å². The Bertz CT molecular complexity index is 1790. The van der Waals surface area contributed by atoms with E-state index in [-0.39, 0.29) is 61.2 Å². The highest BCUT2D eigenvalue weighted by Crippen LogP contribution is 2.45. The molecule has 3 aromatic rings. The second-order valence-corrected chi connectivity index (χ2v) is 12.6. The molecule has 0 radical (unpaired) electrons. The van der Waals surface area contributed by atoms with Crippen LogP contribution < -0.4 is 10.6 Å². The lowest BCUT2D eigenvalue weighted by molar-refractivity contribution is -0.384. The number of nitrogens with one attached hydrogen (secondary N) is 2. The number of non-ortho nitro benzene ring substituents is 1. The number of hydrogen-bond donors (Lipinski definition) is 3. The van der Waals surface area contributed by atoms with Crippen LogP contribution >= 0.6 is 0 Å². The fourth-order valence-electron chi connectivity index (χ4n) is 5.39. The van der Waals surface area contributed by atoms with Gasteiger partial charge < -0.3 is 15.4 Å². The van der Waals surface area contributed by atoms with Crippen LogP contribution in [0.25, 0.3) is 11.1 Å². The van der Waals surface area contributed by atoms with Gasteiger partial charge in [0.25, 0.3) is 15.8 Å². The molecule has 0 bridgehead atoms. The molecule has 15 heteroatoms. The lowest BCUT2D eigenvalue weighted by Crippen LogP contribution is -2.33. The van der Waals surface area contributed by atoms with Crippen molar-refractivity contribution in [2.24, 2.45) is 5.92 Å². The van der Waals surface area contributed by atoms with Gasteiger partial charge in [-0.15, -0.1) is 0 Å². The molecule has 1 aliphatic heterocycles. The van der Waals surface area contributed by atoms with Crippen molar-refractivity contribution < 1.29 is 41.8 Å². The fraction of sp³-hybridized carbons (Fsp3) is 0.312. The monoisotopic (exact) mass is 666 g/mol. The Morgan fingerprint density at radius 2 is 1.70 bits per heavy atom. The molecule has 3 N–H and O–H groups in total. The van der Waals surface area contributed by atoms with Crippen LogP contribution in [-0.2, 0) is 35.7 Å². The van der Waals surface area contributed by atoms with Gasteiger partial charge in [0.1, 0.15) is 6.61 Å². The first-order valence-electron chi connectivity index (χ1n) is 14.6. The normalized spacial score (nSPS) is 16.4. The second kappa shape index (κ2) is 15.0. The van der Waals surface area contributed by atoms with E-state index in [0.717, 1.165) is 32.7 Å². The van der Waals surface area contributed by atoms with Crippen molar-refractivity contribution in [2.75, 3.05) is 31.3 Å². The van der Waals surface area contributed by atoms with Crippen molar-refractivity contribution in [1.29, 1.82) is 0 Å². The van der Waals surface area contributed by atoms with E-state index in [2.05, 4.69) is 10.6 Å². The Hall–Kier alpha value is -5.15. The number of likely N-dealkylation sites (tertiary alicyclic amines) is 1. The van der Waals surface area contributed by atoms with Gasteiger partial charge in [-0.25, -0.2) is 4.79 Å². The summed E-state index contributed by atoms with van der Waals surface area (Å²) in [5.41, 5.74) is 5.35. The van der Waals surface area contributed by atoms with Gasteiger partial charge in [-0.3, -0.25) is 34.0 Å². The van der Waals surface area contributed by atoms with E-state index >= 15 is 0 Å². The Balaban J connectivity index is 0.000000930. The van der Waals surface area contributed by atoms with Crippen LogP contribution in [0, 0.1) is 16.0 Å². The fourth-order valence-corrected chi connectivity index (χ4v) is 5.39. The molecule has 0 saturated carbocycles. The van der Waals surface area contributed by atoms with E-state index in [4.69, 9.17) is 9.29 Å². The maximum atomic E-state index is 12.7. The highest BCUT2D eigenvalue weighted by molar-refractivity contribution is 7.85. The summed E-state index contributed by atoms with van der Waals surface area (Å²) in [6.07, 6.45) is 0.797. The average Bonchev–Trinajstić information content (AvgIpc) is 3.45. The van der Waals surface area contributed by atoms with Crippen molar-refractivity contribution >= 4 is 45.3 Å². The lowest BCUT2D eigenvalue weighted by atomic mass is 9.97. The first kappa shape index (κ1) is 34.7. The topological polar surface area (TPSA) is 202 Å². The molecule has 2 aliphatic rings. The zero-order valence-electron chi connectivity index (χ0n) is 25.7. The standard InChI is InChI=1S/C31H30N4O7.CH4O3S/c1-19-16-29(37)34(30(19)38)15-13-28(36)33-21-8-11-25-23-4-2-3-5-24(23)27(26(25)17-21)18-42-31(39)32-14-12-20-6-9-22(10-7-20)35(40)41;1-5(2,3)4/h2-11,17,19,27H,12-16,18H2,1H3,(H,32,39)(H,33,36);1H3,(H,2,3,4). The molecular weight excluding hydrogens is 632 g/mol. The summed E-state index contributed by atoms with van der Waals surface area (Å²) < 4.78 is 31.4. The van der Waals surface area contributed by atoms with Crippen LogP contribution in [0.4, 0.5) is 16.2 Å². The number of hydrogen-bond acceptors (Lipinski definition) is 9. The Morgan fingerprint density at radius 1 is 1.04 bits per heavy atom. The van der Waals surface area contributed by atoms with Crippen LogP contribution in [0.1, 0.15) is 42.4 Å². The van der Waals surface area contributed by atoms with E-state index in [0.29, 0.717) is 24.9 Å². The molecule has 2 atom stereocenters. The molecule has 2 unspecified atom stereocenters. The third-order valence-electron chi connectivity index (χ3n) is 7.58. The van der Waals surface area contributed by atoms with Crippen molar-refractivity contribution in [3.63, 3.8) is 0 Å². The molecule has 4 amide bonds. The molecule has 1 saturated heterocycles. The molecule has 1 aliphatic carbocycles. The quantitative estimate of drug-likeness (QED) is 0.123. The number of carbonyl (C=O) groups is 4. The molecule has 1 fully saturated rings. The van der Waals surface area contributed by atoms with Gasteiger partial charge in [-0.2, -0.15) is 8.42 Å². The summed E-state index contributed by atoms with van der Waals surface area (Å²) in [6.45, 7) is 2.13. The maximum Gasteiger partial charge on any atom is 0.407 e. The van der Waals surface area contributed by atoms with Crippen LogP contribution in [0.5, 0.6) is 0 Å². The van der Waals surface area contributed by atoms with Crippen molar-refractivity contribution in [2.45, 2.75) is 32.1 Å². The molecular formula is C32H34N4O10S. The number of alkyl carbamates (subject to hydrolysis) is 1. The van der Waals surface area contributed by atoms with E-state index in [9.17, 15) is 37.7 Å². The molecule has 0 spiro atoms. The summed E-state index contributed by atoms with van der Waals surface area (Å²) in [5.74, 6) is -1.41. The summed E-state index contributed by atoms with van der Waals surface area (Å²) in [4.78, 5) is 60.8. The van der Waals surface area contributed by atoms with Crippen LogP contribution in [-0.4, -0.2) is 72.6 Å². The van der Waals surface area contributed by atoms with Gasteiger partial charge in [-0.1, -0.05) is 49.4 Å². The molecule has 3 aromatic carbocycles. The van der Waals surface area contributed by atoms with Crippen LogP contribution in [0.3, 0.4) is 0 Å². The van der Waals surface area contributed by atoms with Gasteiger partial charge in [-0.05, 0) is 46.4 Å². The van der Waals surface area contributed by atoms with Gasteiger partial charge in [0, 0.05) is 55.6 Å². The number of ether oxygens (including phenoxy) is 1. The number of nitro groups is 1. The minimum atomic E-state index is -3.67. The maximum absolute atomic E-state index is 12.7. The first-order valence-corrected chi connectivity index (χ1v) is 16.5. The number of anilines is 1. The van der Waals surface area contributed by atoms with Gasteiger partial charge in [0.05, 0.1) is 11.2 Å². The smallest absolute Gasteiger partial charge is 0.407 e. The van der Waals surface area contributed by atoms with E-state index in [1.165, 1.54) is 12.1 Å². The summed E-state index contributed by atoms with van der Waals surface area (Å²) >= 11 is 0. The molecule has 0 aromatic heterocycles. The zero-order valence-corrected chi connectivity index (χ0v) is 26.5. The van der Waals surface area contributed by atoms with E-state index in [1.54, 1.807) is 25.1 Å². The lowest BCUT2D eigenvalue weighted by Gasteiger charge is -2.16. The molecule has 5 rings (SSSR count). The number of carbonyl (C=O) groups excluding carboxylic acids is 4. The number of rotatable bonds is 10. The minimum Gasteiger partial charge on any atom is -0.449 e. The highest BCUT2D eigenvalue weighted by Gasteiger charge is 2.35. The summed E-state index contributed by atoms with van der Waals surface area (Å²) in [5, 5.41) is 16.4. The van der Waals surface area contributed by atoms with Crippen molar-refractivity contribution in [1.82, 2.24) is 10.2 Å². The SMILES string of the molecule is CC1CC(=O)N(CCC(=O)Nc2ccc3c(c2)C(COC(=O)NCCc2ccc([N+](=O)[O-])cc2)c2ccccc2-3)C1=O.CS(=O)(=O)O. The van der Waals surface area contributed by atoms with Crippen molar-refractivity contribution in [3.8, 4) is 11.1 Å². The zero-order chi connectivity index (χ0) is 34.3. The van der Waals surface area contributed by atoms with E-state index < -0.39 is 21.1 Å². The summed E-state index contributed by atoms with van der Waals surface area (Å²) in [6, 6.07) is 19.6. The predicted octanol–water partition coefficient (Wildman–Crippen LogP) is 3.90. The number of nitrogens with zero attached hydrogens (tertiary/aromatic N) is 2.